The number of aryl methyl sites for hydroxylation is 2. The van der Waals surface area contributed by atoms with Gasteiger partial charge in [-0.1, -0.05) is 11.6 Å². The molecule has 1 fully saturated rings. The van der Waals surface area contributed by atoms with E-state index in [0.717, 1.165) is 56.0 Å². The molecular formula is C22H28F3N5O2. The van der Waals surface area contributed by atoms with Gasteiger partial charge in [0.2, 0.25) is 0 Å². The molecule has 2 aliphatic rings. The standard InChI is InChI=1S/C22H28F3N5O2/c1-15-9-16(11-17(10-15)22(23,24)25)14-32-21(31)29-7-2-8-30-19(13-29)12-20(28-30)27-18-3-5-26-6-4-18/h9-12,18,26H,2-8,13-14H2,1H3,(H,27,28). The van der Waals surface area contributed by atoms with E-state index in [2.05, 4.69) is 15.7 Å². The molecule has 0 aliphatic carbocycles. The Morgan fingerprint density at radius 3 is 2.75 bits per heavy atom. The Balaban J connectivity index is 1.37. The van der Waals surface area contributed by atoms with E-state index in [1.54, 1.807) is 17.9 Å². The monoisotopic (exact) mass is 451 g/mol. The summed E-state index contributed by atoms with van der Waals surface area (Å²) < 4.78 is 46.4. The first-order chi connectivity index (χ1) is 15.3. The summed E-state index contributed by atoms with van der Waals surface area (Å²) in [5.74, 6) is 0.807. The molecule has 0 unspecified atom stereocenters. The Bertz CT molecular complexity index is 954. The average molecular weight is 451 g/mol. The van der Waals surface area contributed by atoms with Gasteiger partial charge in [0, 0.05) is 25.2 Å². The van der Waals surface area contributed by atoms with Crippen molar-refractivity contribution < 1.29 is 22.7 Å². The van der Waals surface area contributed by atoms with Crippen LogP contribution in [0.5, 0.6) is 0 Å². The van der Waals surface area contributed by atoms with E-state index >= 15 is 0 Å². The van der Waals surface area contributed by atoms with Gasteiger partial charge in [0.1, 0.15) is 12.4 Å². The van der Waals surface area contributed by atoms with Gasteiger partial charge < -0.3 is 20.3 Å². The van der Waals surface area contributed by atoms with E-state index in [4.69, 9.17) is 4.74 Å². The molecule has 0 saturated carbocycles. The van der Waals surface area contributed by atoms with Gasteiger partial charge in [0.05, 0.1) is 17.8 Å². The number of rotatable bonds is 4. The van der Waals surface area contributed by atoms with Crippen LogP contribution in [-0.4, -0.2) is 46.4 Å². The maximum atomic E-state index is 13.0. The van der Waals surface area contributed by atoms with Crippen LogP contribution in [0.4, 0.5) is 23.8 Å². The third-order valence-corrected chi connectivity index (χ3v) is 5.79. The molecule has 0 radical (unpaired) electrons. The Kier molecular flexibility index (Phi) is 6.59. The van der Waals surface area contributed by atoms with E-state index in [0.29, 0.717) is 36.8 Å². The highest BCUT2D eigenvalue weighted by molar-refractivity contribution is 5.67. The molecular weight excluding hydrogens is 423 g/mol. The number of carbonyl (C=O) groups excluding carboxylic acids is 1. The lowest BCUT2D eigenvalue weighted by Gasteiger charge is -2.23. The second kappa shape index (κ2) is 9.40. The third-order valence-electron chi connectivity index (χ3n) is 5.79. The first-order valence-corrected chi connectivity index (χ1v) is 10.9. The molecule has 7 nitrogen and oxygen atoms in total. The zero-order valence-corrected chi connectivity index (χ0v) is 18.0. The quantitative estimate of drug-likeness (QED) is 0.738. The molecule has 2 aromatic rings. The van der Waals surface area contributed by atoms with E-state index in [1.165, 1.54) is 0 Å². The van der Waals surface area contributed by atoms with Crippen molar-refractivity contribution in [3.63, 3.8) is 0 Å². The predicted octanol–water partition coefficient (Wildman–Crippen LogP) is 3.92. The number of halogens is 3. The number of nitrogens with one attached hydrogen (secondary N) is 2. The van der Waals surface area contributed by atoms with Crippen molar-refractivity contribution in [1.82, 2.24) is 20.0 Å². The number of hydrogen-bond acceptors (Lipinski definition) is 5. The van der Waals surface area contributed by atoms with Gasteiger partial charge in [0.15, 0.2) is 0 Å². The van der Waals surface area contributed by atoms with Crippen LogP contribution in [0.1, 0.15) is 41.6 Å². The van der Waals surface area contributed by atoms with Crippen molar-refractivity contribution in [2.45, 2.75) is 58.1 Å². The number of piperidine rings is 1. The van der Waals surface area contributed by atoms with E-state index < -0.39 is 17.8 Å². The molecule has 3 heterocycles. The highest BCUT2D eigenvalue weighted by Gasteiger charge is 2.31. The lowest BCUT2D eigenvalue weighted by Crippen LogP contribution is -2.35. The summed E-state index contributed by atoms with van der Waals surface area (Å²) in [7, 11) is 0. The largest absolute Gasteiger partial charge is 0.445 e. The summed E-state index contributed by atoms with van der Waals surface area (Å²) in [4.78, 5) is 14.2. The van der Waals surface area contributed by atoms with Crippen LogP contribution in [0.2, 0.25) is 0 Å². The SMILES string of the molecule is Cc1cc(COC(=O)N2CCCn3nc(NC4CCNCC4)cc3C2)cc(C(F)(F)F)c1. The Hall–Kier alpha value is -2.75. The van der Waals surface area contributed by atoms with Gasteiger partial charge in [-0.25, -0.2) is 4.79 Å². The minimum Gasteiger partial charge on any atom is -0.445 e. The number of hydrogen-bond donors (Lipinski definition) is 2. The summed E-state index contributed by atoms with van der Waals surface area (Å²) in [6.07, 6.45) is -2.18. The topological polar surface area (TPSA) is 71.4 Å². The number of nitrogens with zero attached hydrogens (tertiary/aromatic N) is 3. The van der Waals surface area contributed by atoms with Crippen molar-refractivity contribution in [3.05, 3.63) is 46.6 Å². The van der Waals surface area contributed by atoms with E-state index in [1.807, 2.05) is 10.7 Å². The summed E-state index contributed by atoms with van der Waals surface area (Å²) in [5, 5.41) is 11.4. The molecule has 1 aromatic carbocycles. The number of aromatic nitrogens is 2. The maximum Gasteiger partial charge on any atom is 0.416 e. The van der Waals surface area contributed by atoms with Gasteiger partial charge >= 0.3 is 12.3 Å². The normalized spacial score (nSPS) is 17.6. The second-order valence-electron chi connectivity index (χ2n) is 8.45. The molecule has 2 aliphatic heterocycles. The molecule has 2 N–H and O–H groups in total. The molecule has 174 valence electrons. The zero-order chi connectivity index (χ0) is 22.7. The molecule has 0 bridgehead atoms. The summed E-state index contributed by atoms with van der Waals surface area (Å²) in [5.41, 5.74) is 0.958. The first kappa shape index (κ1) is 22.4. The van der Waals surface area contributed by atoms with Gasteiger partial charge in [0.25, 0.3) is 0 Å². The lowest BCUT2D eigenvalue weighted by molar-refractivity contribution is -0.137. The van der Waals surface area contributed by atoms with Crippen molar-refractivity contribution in [2.75, 3.05) is 25.0 Å². The highest BCUT2D eigenvalue weighted by atomic mass is 19.4. The second-order valence-corrected chi connectivity index (χ2v) is 8.45. The van der Waals surface area contributed by atoms with Crippen LogP contribution < -0.4 is 10.6 Å². The number of amides is 1. The van der Waals surface area contributed by atoms with Crippen LogP contribution in [-0.2, 0) is 30.6 Å². The van der Waals surface area contributed by atoms with Crippen LogP contribution in [0, 0.1) is 6.92 Å². The number of benzene rings is 1. The molecule has 10 heteroatoms. The number of fused-ring (bicyclic) bond motifs is 1. The lowest BCUT2D eigenvalue weighted by atomic mass is 10.1. The van der Waals surface area contributed by atoms with Crippen molar-refractivity contribution in [1.29, 1.82) is 0 Å². The Labute approximate surface area is 184 Å². The fourth-order valence-corrected chi connectivity index (χ4v) is 4.21. The average Bonchev–Trinajstić information content (AvgIpc) is 3.00. The fourth-order valence-electron chi connectivity index (χ4n) is 4.21. The first-order valence-electron chi connectivity index (χ1n) is 10.9. The van der Waals surface area contributed by atoms with Crippen molar-refractivity contribution >= 4 is 11.9 Å². The predicted molar refractivity (Wildman–Crippen MR) is 113 cm³/mol. The van der Waals surface area contributed by atoms with Gasteiger partial charge in [-0.15, -0.1) is 0 Å². The number of ether oxygens (including phenoxy) is 1. The Morgan fingerprint density at radius 1 is 1.22 bits per heavy atom. The molecule has 1 saturated heterocycles. The van der Waals surface area contributed by atoms with E-state index in [9.17, 15) is 18.0 Å². The highest BCUT2D eigenvalue weighted by Crippen LogP contribution is 2.31. The summed E-state index contributed by atoms with van der Waals surface area (Å²) in [6.45, 7) is 4.89. The number of alkyl halides is 3. The van der Waals surface area contributed by atoms with Crippen LogP contribution in [0.25, 0.3) is 0 Å². The molecule has 4 rings (SSSR count). The molecule has 0 atom stereocenters. The maximum absolute atomic E-state index is 13.0. The van der Waals surface area contributed by atoms with Crippen molar-refractivity contribution in [3.8, 4) is 0 Å². The fraction of sp³-hybridized carbons (Fsp3) is 0.545. The molecule has 1 amide bonds. The molecule has 0 spiro atoms. The van der Waals surface area contributed by atoms with Crippen LogP contribution >= 0.6 is 0 Å². The van der Waals surface area contributed by atoms with Gasteiger partial charge in [-0.2, -0.15) is 18.3 Å². The molecule has 32 heavy (non-hydrogen) atoms. The van der Waals surface area contributed by atoms with Gasteiger partial charge in [-0.3, -0.25) is 4.68 Å². The minimum atomic E-state index is -4.44. The minimum absolute atomic E-state index is 0.206. The third kappa shape index (κ3) is 5.53. The van der Waals surface area contributed by atoms with E-state index in [-0.39, 0.29) is 6.61 Å². The van der Waals surface area contributed by atoms with Crippen LogP contribution in [0.3, 0.4) is 0 Å². The number of carbonyl (C=O) groups is 1. The summed E-state index contributed by atoms with van der Waals surface area (Å²) in [6, 6.07) is 6.04. The molecule has 1 aromatic heterocycles. The Morgan fingerprint density at radius 2 is 2.00 bits per heavy atom. The van der Waals surface area contributed by atoms with Gasteiger partial charge in [-0.05, 0) is 57.0 Å². The van der Waals surface area contributed by atoms with Crippen molar-refractivity contribution in [2.24, 2.45) is 0 Å². The smallest absolute Gasteiger partial charge is 0.416 e. The zero-order valence-electron chi connectivity index (χ0n) is 18.0. The number of anilines is 1. The van der Waals surface area contributed by atoms with Crippen LogP contribution in [0.15, 0.2) is 24.3 Å². The summed E-state index contributed by atoms with van der Waals surface area (Å²) >= 11 is 0.